The monoisotopic (exact) mass is 265 g/mol. The lowest BCUT2D eigenvalue weighted by atomic mass is 10.2. The zero-order chi connectivity index (χ0) is 13.8. The SMILES string of the molecule is CCNc1cc(Nc2ccc3ncccc3c2)ncn1. The van der Waals surface area contributed by atoms with Gasteiger partial charge in [-0.3, -0.25) is 4.98 Å². The van der Waals surface area contributed by atoms with E-state index >= 15 is 0 Å². The van der Waals surface area contributed by atoms with Crippen molar-refractivity contribution < 1.29 is 0 Å². The minimum absolute atomic E-state index is 0.763. The van der Waals surface area contributed by atoms with Crippen molar-refractivity contribution in [2.75, 3.05) is 17.2 Å². The molecule has 0 amide bonds. The second kappa shape index (κ2) is 5.52. The Morgan fingerprint density at radius 1 is 1.00 bits per heavy atom. The Hall–Kier alpha value is -2.69. The number of nitrogens with zero attached hydrogens (tertiary/aromatic N) is 3. The Morgan fingerprint density at radius 3 is 2.80 bits per heavy atom. The smallest absolute Gasteiger partial charge is 0.135 e. The predicted octanol–water partition coefficient (Wildman–Crippen LogP) is 3.20. The molecule has 0 saturated carbocycles. The zero-order valence-electron chi connectivity index (χ0n) is 11.2. The second-order valence-electron chi connectivity index (χ2n) is 4.35. The van der Waals surface area contributed by atoms with Gasteiger partial charge in [-0.1, -0.05) is 6.07 Å². The Kier molecular flexibility index (Phi) is 3.41. The van der Waals surface area contributed by atoms with Gasteiger partial charge in [0.05, 0.1) is 5.52 Å². The maximum atomic E-state index is 4.30. The van der Waals surface area contributed by atoms with E-state index in [1.54, 1.807) is 12.5 Å². The highest BCUT2D eigenvalue weighted by Gasteiger charge is 2.00. The molecule has 3 rings (SSSR count). The van der Waals surface area contributed by atoms with Gasteiger partial charge in [-0.25, -0.2) is 9.97 Å². The molecule has 5 nitrogen and oxygen atoms in total. The highest BCUT2D eigenvalue weighted by molar-refractivity contribution is 5.83. The predicted molar refractivity (Wildman–Crippen MR) is 81.2 cm³/mol. The van der Waals surface area contributed by atoms with E-state index in [0.717, 1.165) is 34.8 Å². The summed E-state index contributed by atoms with van der Waals surface area (Å²) in [6, 6.07) is 11.9. The highest BCUT2D eigenvalue weighted by Crippen LogP contribution is 2.20. The van der Waals surface area contributed by atoms with E-state index in [9.17, 15) is 0 Å². The number of anilines is 3. The summed E-state index contributed by atoms with van der Waals surface area (Å²) in [5.74, 6) is 1.58. The third kappa shape index (κ3) is 2.66. The molecule has 1 aromatic carbocycles. The topological polar surface area (TPSA) is 62.7 Å². The van der Waals surface area contributed by atoms with Crippen LogP contribution in [0.4, 0.5) is 17.3 Å². The first-order chi connectivity index (χ1) is 9.85. The number of hydrogen-bond acceptors (Lipinski definition) is 5. The van der Waals surface area contributed by atoms with Crippen LogP contribution in [0.25, 0.3) is 10.9 Å². The van der Waals surface area contributed by atoms with Crippen LogP contribution in [0, 0.1) is 0 Å². The van der Waals surface area contributed by atoms with Gasteiger partial charge in [0.25, 0.3) is 0 Å². The molecule has 20 heavy (non-hydrogen) atoms. The lowest BCUT2D eigenvalue weighted by molar-refractivity contribution is 1.11. The first-order valence-electron chi connectivity index (χ1n) is 6.53. The van der Waals surface area contributed by atoms with Crippen LogP contribution in [-0.4, -0.2) is 21.5 Å². The van der Waals surface area contributed by atoms with Crippen molar-refractivity contribution in [3.05, 3.63) is 48.9 Å². The Labute approximate surface area is 117 Å². The number of fused-ring (bicyclic) bond motifs is 1. The van der Waals surface area contributed by atoms with Crippen LogP contribution in [0.15, 0.2) is 48.9 Å². The van der Waals surface area contributed by atoms with E-state index in [-0.39, 0.29) is 0 Å². The summed E-state index contributed by atoms with van der Waals surface area (Å²) in [6.45, 7) is 2.86. The quantitative estimate of drug-likeness (QED) is 0.758. The normalized spacial score (nSPS) is 10.4. The largest absolute Gasteiger partial charge is 0.370 e. The van der Waals surface area contributed by atoms with Gasteiger partial charge in [-0.05, 0) is 31.2 Å². The molecule has 3 aromatic rings. The third-order valence-electron chi connectivity index (χ3n) is 2.90. The number of hydrogen-bond donors (Lipinski definition) is 2. The minimum atomic E-state index is 0.763. The maximum absolute atomic E-state index is 4.30. The van der Waals surface area contributed by atoms with Crippen LogP contribution in [0.3, 0.4) is 0 Å². The van der Waals surface area contributed by atoms with Gasteiger partial charge in [-0.15, -0.1) is 0 Å². The molecule has 0 aliphatic rings. The Balaban J connectivity index is 1.87. The van der Waals surface area contributed by atoms with Gasteiger partial charge >= 0.3 is 0 Å². The standard InChI is InChI=1S/C15H15N5/c1-2-16-14-9-15(19-10-18-14)20-12-5-6-13-11(8-12)4-3-7-17-13/h3-10H,2H2,1H3,(H2,16,18,19,20). The third-order valence-corrected chi connectivity index (χ3v) is 2.90. The van der Waals surface area contributed by atoms with Crippen LogP contribution >= 0.6 is 0 Å². The molecule has 0 bridgehead atoms. The van der Waals surface area contributed by atoms with Crippen LogP contribution in [0.2, 0.25) is 0 Å². The van der Waals surface area contributed by atoms with E-state index in [0.29, 0.717) is 0 Å². The summed E-state index contributed by atoms with van der Waals surface area (Å²) in [5.41, 5.74) is 1.96. The van der Waals surface area contributed by atoms with E-state index in [2.05, 4.69) is 31.7 Å². The summed E-state index contributed by atoms with van der Waals surface area (Å²) in [6.07, 6.45) is 3.34. The number of nitrogens with one attached hydrogen (secondary N) is 2. The Bertz CT molecular complexity index is 726. The van der Waals surface area contributed by atoms with Crippen LogP contribution in [-0.2, 0) is 0 Å². The van der Waals surface area contributed by atoms with Crippen molar-refractivity contribution in [1.82, 2.24) is 15.0 Å². The molecule has 0 unspecified atom stereocenters. The molecule has 2 aromatic heterocycles. The molecule has 0 radical (unpaired) electrons. The first kappa shape index (κ1) is 12.3. The summed E-state index contributed by atoms with van der Waals surface area (Å²) in [4.78, 5) is 12.7. The van der Waals surface area contributed by atoms with Crippen molar-refractivity contribution in [3.8, 4) is 0 Å². The van der Waals surface area contributed by atoms with E-state index < -0.39 is 0 Å². The molecule has 0 aliphatic carbocycles. The highest BCUT2D eigenvalue weighted by atomic mass is 15.1. The van der Waals surface area contributed by atoms with Gasteiger partial charge in [0.15, 0.2) is 0 Å². The molecule has 0 saturated heterocycles. The van der Waals surface area contributed by atoms with Crippen molar-refractivity contribution in [2.24, 2.45) is 0 Å². The molecule has 100 valence electrons. The van der Waals surface area contributed by atoms with Crippen LogP contribution < -0.4 is 10.6 Å². The zero-order valence-corrected chi connectivity index (χ0v) is 11.2. The summed E-state index contributed by atoms with van der Waals surface area (Å²) in [5, 5.41) is 7.53. The lowest BCUT2D eigenvalue weighted by Crippen LogP contribution is -2.01. The summed E-state index contributed by atoms with van der Waals surface area (Å²) in [7, 11) is 0. The Morgan fingerprint density at radius 2 is 1.90 bits per heavy atom. The fourth-order valence-corrected chi connectivity index (χ4v) is 2.00. The lowest BCUT2D eigenvalue weighted by Gasteiger charge is -2.08. The van der Waals surface area contributed by atoms with Gasteiger partial charge < -0.3 is 10.6 Å². The molecule has 0 atom stereocenters. The summed E-state index contributed by atoms with van der Waals surface area (Å²) >= 11 is 0. The van der Waals surface area contributed by atoms with Gasteiger partial charge in [0.2, 0.25) is 0 Å². The number of benzene rings is 1. The van der Waals surface area contributed by atoms with E-state index in [4.69, 9.17) is 0 Å². The average Bonchev–Trinajstić information content (AvgIpc) is 2.48. The van der Waals surface area contributed by atoms with Gasteiger partial charge in [-0.2, -0.15) is 0 Å². The number of pyridine rings is 1. The van der Waals surface area contributed by atoms with E-state index in [1.807, 2.05) is 37.3 Å². The summed E-state index contributed by atoms with van der Waals surface area (Å²) < 4.78 is 0. The van der Waals surface area contributed by atoms with Crippen molar-refractivity contribution in [2.45, 2.75) is 6.92 Å². The van der Waals surface area contributed by atoms with Crippen molar-refractivity contribution in [3.63, 3.8) is 0 Å². The molecule has 2 N–H and O–H groups in total. The molecule has 0 fully saturated rings. The average molecular weight is 265 g/mol. The molecule has 0 aliphatic heterocycles. The molecule has 2 heterocycles. The van der Waals surface area contributed by atoms with Crippen LogP contribution in [0.1, 0.15) is 6.92 Å². The molecule has 0 spiro atoms. The number of aromatic nitrogens is 3. The molecular formula is C15H15N5. The molecular weight excluding hydrogens is 250 g/mol. The van der Waals surface area contributed by atoms with Crippen LogP contribution in [0.5, 0.6) is 0 Å². The fourth-order valence-electron chi connectivity index (χ4n) is 2.00. The van der Waals surface area contributed by atoms with Gasteiger partial charge in [0.1, 0.15) is 18.0 Å². The fraction of sp³-hybridized carbons (Fsp3) is 0.133. The molecule has 5 heteroatoms. The minimum Gasteiger partial charge on any atom is -0.370 e. The van der Waals surface area contributed by atoms with E-state index in [1.165, 1.54) is 0 Å². The van der Waals surface area contributed by atoms with Gasteiger partial charge in [0, 0.05) is 29.9 Å². The second-order valence-corrected chi connectivity index (χ2v) is 4.35. The maximum Gasteiger partial charge on any atom is 0.135 e. The first-order valence-corrected chi connectivity index (χ1v) is 6.53. The van der Waals surface area contributed by atoms with Crippen molar-refractivity contribution >= 4 is 28.2 Å². The van der Waals surface area contributed by atoms with Crippen molar-refractivity contribution in [1.29, 1.82) is 0 Å². The number of rotatable bonds is 4.